The summed E-state index contributed by atoms with van der Waals surface area (Å²) in [6.45, 7) is 0.947. The zero-order valence-corrected chi connectivity index (χ0v) is 18.1. The second-order valence-electron chi connectivity index (χ2n) is 8.26. The van der Waals surface area contributed by atoms with Crippen LogP contribution in [-0.2, 0) is 9.59 Å². The van der Waals surface area contributed by atoms with E-state index in [9.17, 15) is 19.8 Å². The monoisotopic (exact) mass is 448 g/mol. The molecule has 2 fully saturated rings. The number of likely N-dealkylation sites (tertiary alicyclic amines) is 1. The van der Waals surface area contributed by atoms with Gasteiger partial charge in [-0.15, -0.1) is 0 Å². The maximum Gasteiger partial charge on any atom is 0.227 e. The number of carbonyl (C=O) groups is 2. The Kier molecular flexibility index (Phi) is 6.40. The quantitative estimate of drug-likeness (QED) is 0.524. The number of rotatable bonds is 4. The lowest BCUT2D eigenvalue weighted by Crippen LogP contribution is -2.55. The van der Waals surface area contributed by atoms with E-state index >= 15 is 0 Å². The average Bonchev–Trinajstić information content (AvgIpc) is 3.20. The van der Waals surface area contributed by atoms with Crippen LogP contribution in [0.2, 0.25) is 0 Å². The molecule has 2 heterocycles. The first-order valence-electron chi connectivity index (χ1n) is 10.5. The number of fused-ring (bicyclic) bond motifs is 1. The maximum atomic E-state index is 13.3. The number of thioether (sulfide) groups is 1. The van der Waals surface area contributed by atoms with Gasteiger partial charge in [0.25, 0.3) is 0 Å². The van der Waals surface area contributed by atoms with Crippen LogP contribution in [0.3, 0.4) is 0 Å². The van der Waals surface area contributed by atoms with Crippen LogP contribution in [0.4, 0.5) is 5.69 Å². The number of amidine groups is 1. The number of nitrogens with two attached hydrogens (primary N) is 1. The Labute approximate surface area is 185 Å². The first-order chi connectivity index (χ1) is 14.9. The SMILES string of the molecule is COc1ccc(NC2=NC3C(O)C(O)CC(C(=O)N4CCC(C(N)=O)CC4)C3S2)cc1. The van der Waals surface area contributed by atoms with E-state index in [1.54, 1.807) is 12.0 Å². The molecule has 31 heavy (non-hydrogen) atoms. The fourth-order valence-corrected chi connectivity index (χ4v) is 5.88. The van der Waals surface area contributed by atoms with Crippen molar-refractivity contribution in [2.75, 3.05) is 25.5 Å². The number of piperidine rings is 1. The van der Waals surface area contributed by atoms with Gasteiger partial charge in [0.1, 0.15) is 11.9 Å². The number of aliphatic imine (C=N–C) groups is 1. The van der Waals surface area contributed by atoms with Gasteiger partial charge in [-0.2, -0.15) is 0 Å². The Hall–Kier alpha value is -2.30. The van der Waals surface area contributed by atoms with E-state index in [0.717, 1.165) is 11.4 Å². The standard InChI is InChI=1S/C21H28N4O5S/c1-30-13-4-2-12(3-5-13)23-21-24-16-17(27)15(26)10-14(18(16)31-21)20(29)25-8-6-11(7-9-25)19(22)28/h2-5,11,14-18,26-27H,6-10H2,1H3,(H2,22,28)(H,23,24). The third kappa shape index (κ3) is 4.51. The molecular formula is C21H28N4O5S. The average molecular weight is 449 g/mol. The summed E-state index contributed by atoms with van der Waals surface area (Å²) in [5.41, 5.74) is 6.21. The third-order valence-electron chi connectivity index (χ3n) is 6.35. The number of anilines is 1. The van der Waals surface area contributed by atoms with Gasteiger partial charge in [-0.1, -0.05) is 11.8 Å². The fraction of sp³-hybridized carbons (Fsp3) is 0.571. The number of aliphatic hydroxyl groups excluding tert-OH is 2. The van der Waals surface area contributed by atoms with E-state index in [0.29, 0.717) is 31.1 Å². The lowest BCUT2D eigenvalue weighted by molar-refractivity contribution is -0.142. The molecule has 5 atom stereocenters. The predicted octanol–water partition coefficient (Wildman–Crippen LogP) is 0.413. The minimum absolute atomic E-state index is 0.0581. The molecule has 4 rings (SSSR count). The van der Waals surface area contributed by atoms with Crippen LogP contribution in [0.1, 0.15) is 19.3 Å². The summed E-state index contributed by atoms with van der Waals surface area (Å²) in [7, 11) is 1.60. The lowest BCUT2D eigenvalue weighted by atomic mass is 9.80. The molecule has 168 valence electrons. The first-order valence-corrected chi connectivity index (χ1v) is 11.3. The molecule has 5 unspecified atom stereocenters. The topological polar surface area (TPSA) is 137 Å². The van der Waals surface area contributed by atoms with E-state index in [1.807, 2.05) is 24.3 Å². The molecule has 0 aromatic heterocycles. The highest BCUT2D eigenvalue weighted by Crippen LogP contribution is 2.42. The zero-order valence-electron chi connectivity index (χ0n) is 17.3. The molecule has 2 aliphatic heterocycles. The summed E-state index contributed by atoms with van der Waals surface area (Å²) in [5.74, 6) is -0.295. The minimum atomic E-state index is -1.02. The summed E-state index contributed by atoms with van der Waals surface area (Å²) in [4.78, 5) is 31.0. The molecular weight excluding hydrogens is 420 g/mol. The van der Waals surface area contributed by atoms with Crippen molar-refractivity contribution in [1.29, 1.82) is 0 Å². The van der Waals surface area contributed by atoms with Crippen molar-refractivity contribution in [2.24, 2.45) is 22.6 Å². The molecule has 5 N–H and O–H groups in total. The number of primary amides is 1. The van der Waals surface area contributed by atoms with Crippen molar-refractivity contribution in [3.8, 4) is 5.75 Å². The fourth-order valence-electron chi connectivity index (χ4n) is 4.51. The van der Waals surface area contributed by atoms with Gasteiger partial charge in [-0.05, 0) is 43.5 Å². The van der Waals surface area contributed by atoms with Crippen molar-refractivity contribution in [3.63, 3.8) is 0 Å². The molecule has 9 nitrogen and oxygen atoms in total. The van der Waals surface area contributed by atoms with E-state index < -0.39 is 24.2 Å². The molecule has 0 radical (unpaired) electrons. The number of nitrogens with one attached hydrogen (secondary N) is 1. The van der Waals surface area contributed by atoms with Crippen LogP contribution >= 0.6 is 11.8 Å². The number of methoxy groups -OCH3 is 1. The van der Waals surface area contributed by atoms with Crippen molar-refractivity contribution in [1.82, 2.24) is 4.90 Å². The highest BCUT2D eigenvalue weighted by atomic mass is 32.2. The zero-order chi connectivity index (χ0) is 22.1. The molecule has 0 spiro atoms. The van der Waals surface area contributed by atoms with Gasteiger partial charge in [-0.25, -0.2) is 0 Å². The molecule has 10 heteroatoms. The van der Waals surface area contributed by atoms with E-state index in [2.05, 4.69) is 10.3 Å². The Balaban J connectivity index is 1.45. The number of carbonyl (C=O) groups excluding carboxylic acids is 2. The molecule has 1 aromatic carbocycles. The highest BCUT2D eigenvalue weighted by Gasteiger charge is 2.51. The molecule has 1 aliphatic carbocycles. The Morgan fingerprint density at radius 1 is 1.23 bits per heavy atom. The van der Waals surface area contributed by atoms with Crippen LogP contribution < -0.4 is 15.8 Å². The number of ether oxygens (including phenoxy) is 1. The molecule has 2 amide bonds. The Morgan fingerprint density at radius 2 is 1.90 bits per heavy atom. The molecule has 1 aromatic rings. The minimum Gasteiger partial charge on any atom is -0.497 e. The Bertz CT molecular complexity index is 856. The smallest absolute Gasteiger partial charge is 0.227 e. The highest BCUT2D eigenvalue weighted by molar-refractivity contribution is 8.15. The van der Waals surface area contributed by atoms with Crippen LogP contribution in [-0.4, -0.2) is 75.8 Å². The number of aliphatic hydroxyl groups is 2. The van der Waals surface area contributed by atoms with Crippen LogP contribution in [0, 0.1) is 11.8 Å². The van der Waals surface area contributed by atoms with Gasteiger partial charge in [0.2, 0.25) is 11.8 Å². The molecule has 3 aliphatic rings. The van der Waals surface area contributed by atoms with Crippen molar-refractivity contribution in [2.45, 2.75) is 42.8 Å². The summed E-state index contributed by atoms with van der Waals surface area (Å²) in [6, 6.07) is 6.82. The third-order valence-corrected chi connectivity index (χ3v) is 7.66. The second-order valence-corrected chi connectivity index (χ2v) is 9.43. The van der Waals surface area contributed by atoms with Gasteiger partial charge < -0.3 is 30.9 Å². The predicted molar refractivity (Wildman–Crippen MR) is 118 cm³/mol. The number of hydrogen-bond donors (Lipinski definition) is 4. The first kappa shape index (κ1) is 21.9. The maximum absolute atomic E-state index is 13.3. The van der Waals surface area contributed by atoms with Crippen molar-refractivity contribution in [3.05, 3.63) is 24.3 Å². The van der Waals surface area contributed by atoms with E-state index in [1.165, 1.54) is 11.8 Å². The molecule has 1 saturated carbocycles. The summed E-state index contributed by atoms with van der Waals surface area (Å²) >= 11 is 1.43. The normalized spacial score (nSPS) is 31.0. The summed E-state index contributed by atoms with van der Waals surface area (Å²) in [6.07, 6.45) is -0.725. The van der Waals surface area contributed by atoms with E-state index in [-0.39, 0.29) is 29.4 Å². The van der Waals surface area contributed by atoms with Gasteiger partial charge in [0.15, 0.2) is 5.17 Å². The number of nitrogens with zero attached hydrogens (tertiary/aromatic N) is 2. The number of amides is 2. The second kappa shape index (κ2) is 9.05. The van der Waals surface area contributed by atoms with Crippen LogP contribution in [0.5, 0.6) is 5.75 Å². The van der Waals surface area contributed by atoms with E-state index in [4.69, 9.17) is 10.5 Å². The van der Waals surface area contributed by atoms with Gasteiger partial charge in [0, 0.05) is 29.9 Å². The molecule has 0 bridgehead atoms. The Morgan fingerprint density at radius 3 is 2.52 bits per heavy atom. The van der Waals surface area contributed by atoms with Crippen LogP contribution in [0.15, 0.2) is 29.3 Å². The number of benzene rings is 1. The number of hydrogen-bond acceptors (Lipinski definition) is 8. The molecule has 1 saturated heterocycles. The van der Waals surface area contributed by atoms with Gasteiger partial charge in [-0.3, -0.25) is 14.6 Å². The van der Waals surface area contributed by atoms with Crippen molar-refractivity contribution < 1.29 is 24.5 Å². The summed E-state index contributed by atoms with van der Waals surface area (Å²) in [5, 5.41) is 24.5. The largest absolute Gasteiger partial charge is 0.497 e. The van der Waals surface area contributed by atoms with Gasteiger partial charge >= 0.3 is 0 Å². The van der Waals surface area contributed by atoms with Gasteiger partial charge in [0.05, 0.1) is 25.2 Å². The van der Waals surface area contributed by atoms with Crippen LogP contribution in [0.25, 0.3) is 0 Å². The summed E-state index contributed by atoms with van der Waals surface area (Å²) < 4.78 is 5.17. The van der Waals surface area contributed by atoms with Crippen molar-refractivity contribution >= 4 is 34.4 Å². The lowest BCUT2D eigenvalue weighted by Gasteiger charge is -2.40.